The van der Waals surface area contributed by atoms with E-state index in [1.807, 2.05) is 20.0 Å². The Morgan fingerprint density at radius 1 is 1.40 bits per heavy atom. The molecule has 4 nitrogen and oxygen atoms in total. The molecule has 1 aliphatic rings. The van der Waals surface area contributed by atoms with Gasteiger partial charge < -0.3 is 10.2 Å². The van der Waals surface area contributed by atoms with Crippen LogP contribution in [-0.2, 0) is 0 Å². The molecule has 0 bridgehead atoms. The van der Waals surface area contributed by atoms with E-state index in [0.717, 1.165) is 24.6 Å². The van der Waals surface area contributed by atoms with Crippen LogP contribution >= 0.6 is 0 Å². The lowest BCUT2D eigenvalue weighted by Gasteiger charge is -2.33. The zero-order valence-electron chi connectivity index (χ0n) is 9.40. The topological polar surface area (TPSA) is 41.0 Å². The largest absolute Gasteiger partial charge is 0.354 e. The van der Waals surface area contributed by atoms with E-state index < -0.39 is 0 Å². The van der Waals surface area contributed by atoms with E-state index >= 15 is 0 Å². The Bertz CT molecular complexity index is 309. The maximum absolute atomic E-state index is 4.22. The monoisotopic (exact) mass is 206 g/mol. The van der Waals surface area contributed by atoms with Crippen molar-refractivity contribution in [1.29, 1.82) is 0 Å². The number of hydrogen-bond acceptors (Lipinski definition) is 4. The first-order valence-electron chi connectivity index (χ1n) is 5.52. The van der Waals surface area contributed by atoms with Crippen LogP contribution in [0.3, 0.4) is 0 Å². The van der Waals surface area contributed by atoms with Gasteiger partial charge in [-0.3, -0.25) is 0 Å². The number of anilines is 1. The number of aromatic nitrogens is 2. The highest BCUT2D eigenvalue weighted by atomic mass is 15.3. The summed E-state index contributed by atoms with van der Waals surface area (Å²) in [4.78, 5) is 2.30. The molecule has 1 atom stereocenters. The molecule has 2 rings (SSSR count). The summed E-state index contributed by atoms with van der Waals surface area (Å²) >= 11 is 0. The average Bonchev–Trinajstić information content (AvgIpc) is 2.30. The van der Waals surface area contributed by atoms with Gasteiger partial charge in [0, 0.05) is 19.1 Å². The fraction of sp³-hybridized carbons (Fsp3) is 0.636. The molecule has 0 aliphatic carbocycles. The van der Waals surface area contributed by atoms with Crippen molar-refractivity contribution >= 4 is 5.82 Å². The van der Waals surface area contributed by atoms with E-state index in [4.69, 9.17) is 0 Å². The molecule has 0 spiro atoms. The number of aryl methyl sites for hydroxylation is 1. The van der Waals surface area contributed by atoms with E-state index in [2.05, 4.69) is 26.5 Å². The van der Waals surface area contributed by atoms with Crippen LogP contribution in [0.15, 0.2) is 12.1 Å². The second-order valence-electron chi connectivity index (χ2n) is 4.11. The number of hydrogen-bond donors (Lipinski definition) is 1. The molecule has 4 heteroatoms. The minimum absolute atomic E-state index is 0.585. The summed E-state index contributed by atoms with van der Waals surface area (Å²) in [7, 11) is 2.02. The summed E-state index contributed by atoms with van der Waals surface area (Å²) < 4.78 is 0. The maximum atomic E-state index is 4.22. The van der Waals surface area contributed by atoms with Gasteiger partial charge in [-0.05, 0) is 38.9 Å². The molecule has 0 saturated carbocycles. The van der Waals surface area contributed by atoms with Crippen LogP contribution in [0, 0.1) is 6.92 Å². The predicted molar refractivity (Wildman–Crippen MR) is 61.1 cm³/mol. The molecule has 1 aromatic heterocycles. The molecule has 0 amide bonds. The van der Waals surface area contributed by atoms with Gasteiger partial charge in [0.05, 0.1) is 5.69 Å². The summed E-state index contributed by atoms with van der Waals surface area (Å²) in [5.41, 5.74) is 0.973. The standard InChI is InChI=1S/C11H18N4/c1-9-5-6-11(14-13-9)15-7-3-4-10(8-15)12-2/h5-6,10,12H,3-4,7-8H2,1-2H3/t10-/m1/s1. The molecule has 1 aliphatic heterocycles. The minimum atomic E-state index is 0.585. The predicted octanol–water partition coefficient (Wildman–Crippen LogP) is 0.973. The van der Waals surface area contributed by atoms with E-state index in [-0.39, 0.29) is 0 Å². The normalized spacial score (nSPS) is 21.7. The van der Waals surface area contributed by atoms with Crippen molar-refractivity contribution < 1.29 is 0 Å². The van der Waals surface area contributed by atoms with Gasteiger partial charge in [0.25, 0.3) is 0 Å². The lowest BCUT2D eigenvalue weighted by Crippen LogP contribution is -2.44. The molecule has 1 saturated heterocycles. The third-order valence-corrected chi connectivity index (χ3v) is 2.94. The Labute approximate surface area is 90.7 Å². The van der Waals surface area contributed by atoms with Crippen LogP contribution in [0.25, 0.3) is 0 Å². The molecular weight excluding hydrogens is 188 g/mol. The lowest BCUT2D eigenvalue weighted by molar-refractivity contribution is 0.447. The molecule has 0 radical (unpaired) electrons. The van der Waals surface area contributed by atoms with E-state index in [0.29, 0.717) is 6.04 Å². The molecular formula is C11H18N4. The number of rotatable bonds is 2. The summed E-state index contributed by atoms with van der Waals surface area (Å²) in [6.07, 6.45) is 2.48. The number of likely N-dealkylation sites (N-methyl/N-ethyl adjacent to an activating group) is 1. The fourth-order valence-corrected chi connectivity index (χ4v) is 1.98. The summed E-state index contributed by atoms with van der Waals surface area (Å²) in [5, 5.41) is 11.6. The van der Waals surface area contributed by atoms with Crippen molar-refractivity contribution in [3.63, 3.8) is 0 Å². The molecule has 1 N–H and O–H groups in total. The van der Waals surface area contributed by atoms with Gasteiger partial charge in [-0.1, -0.05) is 0 Å². The smallest absolute Gasteiger partial charge is 0.151 e. The molecule has 0 unspecified atom stereocenters. The fourth-order valence-electron chi connectivity index (χ4n) is 1.98. The highest BCUT2D eigenvalue weighted by Gasteiger charge is 2.19. The summed E-state index contributed by atoms with van der Waals surface area (Å²) in [6, 6.07) is 4.66. The minimum Gasteiger partial charge on any atom is -0.354 e. The first kappa shape index (κ1) is 10.4. The van der Waals surface area contributed by atoms with Gasteiger partial charge in [-0.15, -0.1) is 5.10 Å². The van der Waals surface area contributed by atoms with Gasteiger partial charge in [0.2, 0.25) is 0 Å². The van der Waals surface area contributed by atoms with Gasteiger partial charge >= 0.3 is 0 Å². The second-order valence-corrected chi connectivity index (χ2v) is 4.11. The Morgan fingerprint density at radius 3 is 2.93 bits per heavy atom. The molecule has 15 heavy (non-hydrogen) atoms. The van der Waals surface area contributed by atoms with Crippen molar-refractivity contribution in [3.05, 3.63) is 17.8 Å². The van der Waals surface area contributed by atoms with Gasteiger partial charge in [0.15, 0.2) is 5.82 Å². The highest BCUT2D eigenvalue weighted by Crippen LogP contribution is 2.16. The lowest BCUT2D eigenvalue weighted by atomic mass is 10.1. The van der Waals surface area contributed by atoms with Crippen LogP contribution in [0.5, 0.6) is 0 Å². The van der Waals surface area contributed by atoms with Crippen LogP contribution in [-0.4, -0.2) is 36.4 Å². The molecule has 82 valence electrons. The Kier molecular flexibility index (Phi) is 3.16. The molecule has 0 aromatic carbocycles. The van der Waals surface area contributed by atoms with Crippen LogP contribution < -0.4 is 10.2 Å². The Balaban J connectivity index is 2.06. The number of piperidine rings is 1. The van der Waals surface area contributed by atoms with Crippen molar-refractivity contribution in [2.45, 2.75) is 25.8 Å². The SMILES string of the molecule is CN[C@@H]1CCCN(c2ccc(C)nn2)C1. The van der Waals surface area contributed by atoms with Crippen molar-refractivity contribution in [2.24, 2.45) is 0 Å². The van der Waals surface area contributed by atoms with E-state index in [1.165, 1.54) is 12.8 Å². The van der Waals surface area contributed by atoms with Crippen LogP contribution in [0.1, 0.15) is 18.5 Å². The quantitative estimate of drug-likeness (QED) is 0.783. The van der Waals surface area contributed by atoms with Crippen LogP contribution in [0.4, 0.5) is 5.82 Å². The van der Waals surface area contributed by atoms with Crippen molar-refractivity contribution in [3.8, 4) is 0 Å². The Morgan fingerprint density at radius 2 is 2.27 bits per heavy atom. The second kappa shape index (κ2) is 4.57. The zero-order chi connectivity index (χ0) is 10.7. The van der Waals surface area contributed by atoms with Crippen molar-refractivity contribution in [1.82, 2.24) is 15.5 Å². The number of nitrogens with zero attached hydrogens (tertiary/aromatic N) is 3. The van der Waals surface area contributed by atoms with Gasteiger partial charge in [0.1, 0.15) is 0 Å². The Hall–Kier alpha value is -1.16. The summed E-state index contributed by atoms with van der Waals surface area (Å²) in [6.45, 7) is 4.09. The van der Waals surface area contributed by atoms with Crippen LogP contribution in [0.2, 0.25) is 0 Å². The first-order chi connectivity index (χ1) is 7.29. The zero-order valence-corrected chi connectivity index (χ0v) is 9.40. The van der Waals surface area contributed by atoms with Gasteiger partial charge in [-0.2, -0.15) is 5.10 Å². The van der Waals surface area contributed by atoms with Gasteiger partial charge in [-0.25, -0.2) is 0 Å². The average molecular weight is 206 g/mol. The molecule has 1 aromatic rings. The van der Waals surface area contributed by atoms with E-state index in [9.17, 15) is 0 Å². The third-order valence-electron chi connectivity index (χ3n) is 2.94. The number of nitrogens with one attached hydrogen (secondary N) is 1. The maximum Gasteiger partial charge on any atom is 0.151 e. The molecule has 1 fully saturated rings. The molecule has 2 heterocycles. The van der Waals surface area contributed by atoms with E-state index in [1.54, 1.807) is 0 Å². The third kappa shape index (κ3) is 2.45. The first-order valence-corrected chi connectivity index (χ1v) is 5.52. The van der Waals surface area contributed by atoms with Crippen molar-refractivity contribution in [2.75, 3.05) is 25.0 Å². The highest BCUT2D eigenvalue weighted by molar-refractivity contribution is 5.38. The summed E-state index contributed by atoms with van der Waals surface area (Å²) in [5.74, 6) is 1.00.